The lowest BCUT2D eigenvalue weighted by Gasteiger charge is -2.22. The normalized spacial score (nSPS) is 16.7. The Morgan fingerprint density at radius 3 is 2.67 bits per heavy atom. The largest absolute Gasteiger partial charge is 0.477 e. The van der Waals surface area contributed by atoms with Crippen molar-refractivity contribution in [3.63, 3.8) is 0 Å². The van der Waals surface area contributed by atoms with Crippen LogP contribution in [-0.4, -0.2) is 33.4 Å². The molecule has 2 aromatic rings. The average Bonchev–Trinajstić information content (AvgIpc) is 3.52. The van der Waals surface area contributed by atoms with Crippen LogP contribution in [0.4, 0.5) is 0 Å². The molecule has 2 aromatic heterocycles. The summed E-state index contributed by atoms with van der Waals surface area (Å²) in [6, 6.07) is 7.85. The van der Waals surface area contributed by atoms with Crippen LogP contribution in [0.3, 0.4) is 0 Å². The summed E-state index contributed by atoms with van der Waals surface area (Å²) in [5.41, 5.74) is 1.67. The Bertz CT molecular complexity index is 694. The van der Waals surface area contributed by atoms with Gasteiger partial charge in [0, 0.05) is 37.2 Å². The van der Waals surface area contributed by atoms with E-state index in [9.17, 15) is 4.79 Å². The van der Waals surface area contributed by atoms with E-state index >= 15 is 0 Å². The Labute approximate surface area is 141 Å². The van der Waals surface area contributed by atoms with Crippen LogP contribution in [0.5, 0.6) is 5.88 Å². The molecule has 0 aliphatic heterocycles. The maximum Gasteiger partial charge on any atom is 0.255 e. The molecule has 0 spiro atoms. The van der Waals surface area contributed by atoms with Crippen LogP contribution in [0.15, 0.2) is 42.9 Å². The van der Waals surface area contributed by atoms with E-state index in [1.54, 1.807) is 18.5 Å². The first-order valence-corrected chi connectivity index (χ1v) is 8.58. The van der Waals surface area contributed by atoms with Crippen LogP contribution in [0, 0.1) is 5.92 Å². The lowest BCUT2D eigenvalue weighted by atomic mass is 10.2. The minimum absolute atomic E-state index is 0.0302. The molecule has 2 aliphatic rings. The zero-order chi connectivity index (χ0) is 16.4. The standard InChI is InChI=1S/C19H21N3O2/c23-19(16-5-8-18(21-11-16)24-13-14-3-4-14)22(17-6-7-17)12-15-2-1-9-20-10-15/h1-2,5,8-11,14,17H,3-4,6-7,12-13H2. The lowest BCUT2D eigenvalue weighted by molar-refractivity contribution is 0.0729. The van der Waals surface area contributed by atoms with Crippen molar-refractivity contribution in [2.75, 3.05) is 6.61 Å². The van der Waals surface area contributed by atoms with Crippen molar-refractivity contribution in [1.29, 1.82) is 0 Å². The molecule has 0 saturated heterocycles. The zero-order valence-corrected chi connectivity index (χ0v) is 13.6. The number of ether oxygens (including phenoxy) is 1. The van der Waals surface area contributed by atoms with E-state index in [1.807, 2.05) is 29.3 Å². The molecule has 0 unspecified atom stereocenters. The van der Waals surface area contributed by atoms with Crippen LogP contribution in [-0.2, 0) is 6.54 Å². The Hall–Kier alpha value is -2.43. The van der Waals surface area contributed by atoms with Crippen molar-refractivity contribution in [3.05, 3.63) is 54.0 Å². The van der Waals surface area contributed by atoms with Crippen molar-refractivity contribution < 1.29 is 9.53 Å². The number of aromatic nitrogens is 2. The molecular formula is C19H21N3O2. The van der Waals surface area contributed by atoms with Gasteiger partial charge in [-0.15, -0.1) is 0 Å². The average molecular weight is 323 g/mol. The van der Waals surface area contributed by atoms with Gasteiger partial charge in [0.25, 0.3) is 5.91 Å². The van der Waals surface area contributed by atoms with Gasteiger partial charge in [-0.2, -0.15) is 0 Å². The molecule has 0 radical (unpaired) electrons. The fraction of sp³-hybridized carbons (Fsp3) is 0.421. The molecule has 5 nitrogen and oxygen atoms in total. The molecule has 2 saturated carbocycles. The van der Waals surface area contributed by atoms with Crippen LogP contribution in [0.1, 0.15) is 41.6 Å². The second-order valence-corrected chi connectivity index (χ2v) is 6.66. The summed E-state index contributed by atoms with van der Waals surface area (Å²) in [6.07, 6.45) is 9.84. The first kappa shape index (κ1) is 15.1. The Kier molecular flexibility index (Phi) is 4.15. The number of pyridine rings is 2. The van der Waals surface area contributed by atoms with Crippen molar-refractivity contribution in [2.24, 2.45) is 5.92 Å². The summed E-state index contributed by atoms with van der Waals surface area (Å²) >= 11 is 0. The summed E-state index contributed by atoms with van der Waals surface area (Å²) in [5, 5.41) is 0. The number of nitrogens with zero attached hydrogens (tertiary/aromatic N) is 3. The van der Waals surface area contributed by atoms with Crippen molar-refractivity contribution in [1.82, 2.24) is 14.9 Å². The van der Waals surface area contributed by atoms with Gasteiger partial charge in [-0.05, 0) is 49.3 Å². The van der Waals surface area contributed by atoms with Gasteiger partial charge in [-0.3, -0.25) is 9.78 Å². The maximum absolute atomic E-state index is 12.8. The molecule has 4 rings (SSSR count). The fourth-order valence-electron chi connectivity index (χ4n) is 2.69. The van der Waals surface area contributed by atoms with Crippen LogP contribution in [0.2, 0.25) is 0 Å². The summed E-state index contributed by atoms with van der Waals surface area (Å²) in [5.74, 6) is 1.32. The minimum Gasteiger partial charge on any atom is -0.477 e. The summed E-state index contributed by atoms with van der Waals surface area (Å²) in [7, 11) is 0. The Balaban J connectivity index is 1.43. The van der Waals surface area contributed by atoms with Gasteiger partial charge >= 0.3 is 0 Å². The predicted octanol–water partition coefficient (Wildman–Crippen LogP) is 3.07. The number of hydrogen-bond acceptors (Lipinski definition) is 4. The van der Waals surface area contributed by atoms with Gasteiger partial charge in [0.1, 0.15) is 0 Å². The van der Waals surface area contributed by atoms with Crippen molar-refractivity contribution >= 4 is 5.91 Å². The third-order valence-electron chi connectivity index (χ3n) is 4.47. The highest BCUT2D eigenvalue weighted by atomic mass is 16.5. The highest BCUT2D eigenvalue weighted by molar-refractivity contribution is 5.94. The molecule has 0 aromatic carbocycles. The molecule has 1 amide bonds. The van der Waals surface area contributed by atoms with Gasteiger partial charge in [0.2, 0.25) is 5.88 Å². The number of carbonyl (C=O) groups excluding carboxylic acids is 1. The third-order valence-corrected chi connectivity index (χ3v) is 4.47. The van der Waals surface area contributed by atoms with E-state index in [1.165, 1.54) is 12.8 Å². The molecular weight excluding hydrogens is 302 g/mol. The molecule has 2 fully saturated rings. The highest BCUT2D eigenvalue weighted by Crippen LogP contribution is 2.30. The fourth-order valence-corrected chi connectivity index (χ4v) is 2.69. The second kappa shape index (κ2) is 6.59. The third kappa shape index (κ3) is 3.72. The van der Waals surface area contributed by atoms with Crippen LogP contribution >= 0.6 is 0 Å². The summed E-state index contributed by atoms with van der Waals surface area (Å²) in [4.78, 5) is 23.2. The molecule has 2 aliphatic carbocycles. The first-order chi connectivity index (χ1) is 11.8. The minimum atomic E-state index is 0.0302. The summed E-state index contributed by atoms with van der Waals surface area (Å²) in [6.45, 7) is 1.33. The van der Waals surface area contributed by atoms with E-state index < -0.39 is 0 Å². The predicted molar refractivity (Wildman–Crippen MR) is 89.6 cm³/mol. The number of amides is 1. The lowest BCUT2D eigenvalue weighted by Crippen LogP contribution is -2.32. The monoisotopic (exact) mass is 323 g/mol. The molecule has 0 N–H and O–H groups in total. The van der Waals surface area contributed by atoms with Crippen LogP contribution in [0.25, 0.3) is 0 Å². The van der Waals surface area contributed by atoms with E-state index in [4.69, 9.17) is 4.74 Å². The SMILES string of the molecule is O=C(c1ccc(OCC2CC2)nc1)N(Cc1cccnc1)C1CC1. The smallest absolute Gasteiger partial charge is 0.255 e. The van der Waals surface area contributed by atoms with E-state index in [0.717, 1.165) is 25.0 Å². The second-order valence-electron chi connectivity index (χ2n) is 6.66. The maximum atomic E-state index is 12.8. The van der Waals surface area contributed by atoms with Gasteiger partial charge in [-0.25, -0.2) is 4.98 Å². The van der Waals surface area contributed by atoms with Crippen LogP contribution < -0.4 is 4.74 Å². The van der Waals surface area contributed by atoms with Crippen molar-refractivity contribution in [2.45, 2.75) is 38.3 Å². The molecule has 0 atom stereocenters. The Morgan fingerprint density at radius 1 is 1.17 bits per heavy atom. The van der Waals surface area contributed by atoms with Gasteiger partial charge < -0.3 is 9.64 Å². The van der Waals surface area contributed by atoms with Crippen molar-refractivity contribution in [3.8, 4) is 5.88 Å². The molecule has 124 valence electrons. The first-order valence-electron chi connectivity index (χ1n) is 8.58. The van der Waals surface area contributed by atoms with E-state index in [-0.39, 0.29) is 5.91 Å². The molecule has 2 heterocycles. The number of rotatable bonds is 7. The number of hydrogen-bond donors (Lipinski definition) is 0. The van der Waals surface area contributed by atoms with E-state index in [0.29, 0.717) is 29.9 Å². The topological polar surface area (TPSA) is 55.3 Å². The van der Waals surface area contributed by atoms with E-state index in [2.05, 4.69) is 9.97 Å². The molecule has 0 bridgehead atoms. The van der Waals surface area contributed by atoms with Gasteiger partial charge in [0.05, 0.1) is 12.2 Å². The molecule has 5 heteroatoms. The van der Waals surface area contributed by atoms with Gasteiger partial charge in [0.15, 0.2) is 0 Å². The van der Waals surface area contributed by atoms with Gasteiger partial charge in [-0.1, -0.05) is 6.07 Å². The molecule has 24 heavy (non-hydrogen) atoms. The summed E-state index contributed by atoms with van der Waals surface area (Å²) < 4.78 is 5.64. The highest BCUT2D eigenvalue weighted by Gasteiger charge is 2.33. The Morgan fingerprint density at radius 2 is 2.04 bits per heavy atom. The number of carbonyl (C=O) groups is 1. The zero-order valence-electron chi connectivity index (χ0n) is 13.6. The quantitative estimate of drug-likeness (QED) is 0.786.